The molecule has 0 aromatic carbocycles. The fourth-order valence-corrected chi connectivity index (χ4v) is 2.05. The van der Waals surface area contributed by atoms with E-state index in [0.29, 0.717) is 18.4 Å². The summed E-state index contributed by atoms with van der Waals surface area (Å²) in [4.78, 5) is 0. The van der Waals surface area contributed by atoms with Crippen LogP contribution in [0, 0.1) is 11.8 Å². The monoisotopic (exact) mass is 260 g/mol. The molecule has 4 unspecified atom stereocenters. The molecule has 0 saturated heterocycles. The van der Waals surface area contributed by atoms with Crippen LogP contribution in [0.1, 0.15) is 54.9 Å². The molecule has 0 spiro atoms. The van der Waals surface area contributed by atoms with Gasteiger partial charge in [-0.3, -0.25) is 0 Å². The van der Waals surface area contributed by atoms with Gasteiger partial charge in [-0.05, 0) is 32.6 Å². The Balaban J connectivity index is 4.41. The van der Waals surface area contributed by atoms with Gasteiger partial charge in [0.25, 0.3) is 0 Å². The third-order valence-electron chi connectivity index (χ3n) is 4.06. The Morgan fingerprint density at radius 1 is 1.06 bits per heavy atom. The Morgan fingerprint density at radius 2 is 1.61 bits per heavy atom. The Morgan fingerprint density at radius 3 is 2.00 bits per heavy atom. The summed E-state index contributed by atoms with van der Waals surface area (Å²) in [5, 5.41) is 8.93. The van der Waals surface area contributed by atoms with E-state index in [2.05, 4.69) is 34.6 Å². The molecule has 0 heterocycles. The highest BCUT2D eigenvalue weighted by atomic mass is 16.6. The SMILES string of the molecule is CCC(C)C(C)(OC(C)COC(C)CO)C(C)C. The molecule has 4 atom stereocenters. The number of ether oxygens (including phenoxy) is 2. The van der Waals surface area contributed by atoms with Crippen LogP contribution in [0.2, 0.25) is 0 Å². The molecule has 0 bridgehead atoms. The number of hydrogen-bond donors (Lipinski definition) is 1. The van der Waals surface area contributed by atoms with Crippen LogP contribution in [0.4, 0.5) is 0 Å². The van der Waals surface area contributed by atoms with Crippen molar-refractivity contribution in [1.82, 2.24) is 0 Å². The predicted octanol–water partition coefficient (Wildman–Crippen LogP) is 3.25. The van der Waals surface area contributed by atoms with Crippen LogP contribution in [0.5, 0.6) is 0 Å². The smallest absolute Gasteiger partial charge is 0.0788 e. The van der Waals surface area contributed by atoms with Gasteiger partial charge in [0.1, 0.15) is 0 Å². The molecule has 0 aliphatic rings. The van der Waals surface area contributed by atoms with E-state index in [1.165, 1.54) is 0 Å². The van der Waals surface area contributed by atoms with Crippen molar-refractivity contribution in [3.05, 3.63) is 0 Å². The first-order chi connectivity index (χ1) is 8.27. The maximum Gasteiger partial charge on any atom is 0.0788 e. The van der Waals surface area contributed by atoms with E-state index in [4.69, 9.17) is 14.6 Å². The normalized spacial score (nSPS) is 20.5. The van der Waals surface area contributed by atoms with Gasteiger partial charge in [-0.15, -0.1) is 0 Å². The molecule has 0 radical (unpaired) electrons. The van der Waals surface area contributed by atoms with Crippen molar-refractivity contribution >= 4 is 0 Å². The van der Waals surface area contributed by atoms with Gasteiger partial charge < -0.3 is 14.6 Å². The van der Waals surface area contributed by atoms with Gasteiger partial charge in [0.05, 0.1) is 31.0 Å². The topological polar surface area (TPSA) is 38.7 Å². The molecule has 0 amide bonds. The van der Waals surface area contributed by atoms with E-state index in [-0.39, 0.29) is 24.4 Å². The van der Waals surface area contributed by atoms with E-state index < -0.39 is 0 Å². The fraction of sp³-hybridized carbons (Fsp3) is 1.00. The zero-order valence-electron chi connectivity index (χ0n) is 13.2. The third kappa shape index (κ3) is 5.25. The summed E-state index contributed by atoms with van der Waals surface area (Å²) < 4.78 is 11.8. The highest BCUT2D eigenvalue weighted by Crippen LogP contribution is 2.33. The summed E-state index contributed by atoms with van der Waals surface area (Å²) in [6.07, 6.45) is 1.03. The van der Waals surface area contributed by atoms with Gasteiger partial charge in [-0.25, -0.2) is 0 Å². The molecule has 3 heteroatoms. The van der Waals surface area contributed by atoms with Crippen LogP contribution in [0.25, 0.3) is 0 Å². The van der Waals surface area contributed by atoms with Crippen molar-refractivity contribution in [2.75, 3.05) is 13.2 Å². The lowest BCUT2D eigenvalue weighted by atomic mass is 9.79. The number of aliphatic hydroxyl groups excluding tert-OH is 1. The summed E-state index contributed by atoms with van der Waals surface area (Å²) in [5.74, 6) is 0.973. The molecule has 0 saturated carbocycles. The van der Waals surface area contributed by atoms with Crippen LogP contribution in [0.3, 0.4) is 0 Å². The molecule has 0 aromatic rings. The Kier molecular flexibility index (Phi) is 8.08. The van der Waals surface area contributed by atoms with Gasteiger partial charge >= 0.3 is 0 Å². The van der Waals surface area contributed by atoms with Crippen molar-refractivity contribution in [2.45, 2.75) is 72.7 Å². The predicted molar refractivity (Wildman–Crippen MR) is 75.7 cm³/mol. The summed E-state index contributed by atoms with van der Waals surface area (Å²) >= 11 is 0. The molecule has 3 nitrogen and oxygen atoms in total. The van der Waals surface area contributed by atoms with Gasteiger partial charge in [-0.2, -0.15) is 0 Å². The Bertz CT molecular complexity index is 218. The number of hydrogen-bond acceptors (Lipinski definition) is 3. The highest BCUT2D eigenvalue weighted by Gasteiger charge is 2.36. The fourth-order valence-electron chi connectivity index (χ4n) is 2.05. The highest BCUT2D eigenvalue weighted by molar-refractivity contribution is 4.85. The van der Waals surface area contributed by atoms with Crippen molar-refractivity contribution in [3.63, 3.8) is 0 Å². The first-order valence-electron chi connectivity index (χ1n) is 7.18. The molecule has 0 aromatic heterocycles. The van der Waals surface area contributed by atoms with E-state index >= 15 is 0 Å². The maximum atomic E-state index is 8.93. The quantitative estimate of drug-likeness (QED) is 0.691. The minimum absolute atomic E-state index is 0.0420. The third-order valence-corrected chi connectivity index (χ3v) is 4.06. The second-order valence-electron chi connectivity index (χ2n) is 5.90. The molecule has 0 aliphatic heterocycles. The molecule has 0 aliphatic carbocycles. The molecular formula is C15H32O3. The summed E-state index contributed by atoms with van der Waals surface area (Å²) in [5.41, 5.74) is -0.125. The van der Waals surface area contributed by atoms with E-state index in [9.17, 15) is 0 Å². The van der Waals surface area contributed by atoms with Crippen molar-refractivity contribution in [1.29, 1.82) is 0 Å². The minimum atomic E-state index is -0.125. The summed E-state index contributed by atoms with van der Waals surface area (Å²) in [6.45, 7) is 15.5. The number of rotatable bonds is 9. The largest absolute Gasteiger partial charge is 0.394 e. The second-order valence-corrected chi connectivity index (χ2v) is 5.90. The maximum absolute atomic E-state index is 8.93. The Hall–Kier alpha value is -0.120. The van der Waals surface area contributed by atoms with Crippen molar-refractivity contribution in [2.24, 2.45) is 11.8 Å². The molecule has 0 fully saturated rings. The van der Waals surface area contributed by atoms with Gasteiger partial charge in [0.15, 0.2) is 0 Å². The standard InChI is InChI=1S/C15H32O3/c1-8-12(4)15(7,11(2)3)18-14(6)10-17-13(5)9-16/h11-14,16H,8-10H2,1-7H3. The zero-order chi connectivity index (χ0) is 14.3. The zero-order valence-corrected chi connectivity index (χ0v) is 13.2. The molecule has 110 valence electrons. The molecule has 18 heavy (non-hydrogen) atoms. The van der Waals surface area contributed by atoms with Crippen LogP contribution < -0.4 is 0 Å². The van der Waals surface area contributed by atoms with Crippen LogP contribution in [-0.2, 0) is 9.47 Å². The first-order valence-corrected chi connectivity index (χ1v) is 7.18. The molecule has 1 N–H and O–H groups in total. The van der Waals surface area contributed by atoms with Crippen LogP contribution in [0.15, 0.2) is 0 Å². The average Bonchev–Trinajstić information content (AvgIpc) is 2.34. The van der Waals surface area contributed by atoms with Crippen molar-refractivity contribution in [3.8, 4) is 0 Å². The second kappa shape index (κ2) is 8.13. The molecular weight excluding hydrogens is 228 g/mol. The van der Waals surface area contributed by atoms with Gasteiger partial charge in [0, 0.05) is 0 Å². The van der Waals surface area contributed by atoms with E-state index in [0.717, 1.165) is 6.42 Å². The van der Waals surface area contributed by atoms with Crippen LogP contribution in [-0.4, -0.2) is 36.1 Å². The lowest BCUT2D eigenvalue weighted by molar-refractivity contribution is -0.158. The summed E-state index contributed by atoms with van der Waals surface area (Å²) in [7, 11) is 0. The van der Waals surface area contributed by atoms with Gasteiger partial charge in [-0.1, -0.05) is 34.1 Å². The first kappa shape index (κ1) is 17.9. The minimum Gasteiger partial charge on any atom is -0.394 e. The van der Waals surface area contributed by atoms with Gasteiger partial charge in [0.2, 0.25) is 0 Å². The van der Waals surface area contributed by atoms with Crippen molar-refractivity contribution < 1.29 is 14.6 Å². The lowest BCUT2D eigenvalue weighted by Crippen LogP contribution is -2.45. The lowest BCUT2D eigenvalue weighted by Gasteiger charge is -2.41. The Labute approximate surface area is 113 Å². The van der Waals surface area contributed by atoms with E-state index in [1.807, 2.05) is 13.8 Å². The van der Waals surface area contributed by atoms with E-state index in [1.54, 1.807) is 0 Å². The number of aliphatic hydroxyl groups is 1. The average molecular weight is 260 g/mol. The summed E-state index contributed by atoms with van der Waals surface area (Å²) in [6, 6.07) is 0. The molecule has 0 rings (SSSR count). The van der Waals surface area contributed by atoms with Crippen LogP contribution >= 0.6 is 0 Å².